The molecule has 27 heavy (non-hydrogen) atoms. The Kier molecular flexibility index (Phi) is 6.98. The summed E-state index contributed by atoms with van der Waals surface area (Å²) in [4.78, 5) is 12.4. The number of nitrogens with zero attached hydrogens (tertiary/aromatic N) is 1. The first-order chi connectivity index (χ1) is 12.8. The minimum atomic E-state index is -3.53. The minimum Gasteiger partial charge on any atom is -0.376 e. The molecule has 0 saturated carbocycles. The van der Waals surface area contributed by atoms with Crippen LogP contribution in [0.1, 0.15) is 25.0 Å². The highest BCUT2D eigenvalue weighted by atomic mass is 32.2. The molecular weight excluding hydrogens is 362 g/mol. The van der Waals surface area contributed by atoms with Gasteiger partial charge in [-0.1, -0.05) is 32.0 Å². The van der Waals surface area contributed by atoms with Gasteiger partial charge in [-0.25, -0.2) is 8.42 Å². The van der Waals surface area contributed by atoms with Gasteiger partial charge >= 0.3 is 0 Å². The Morgan fingerprint density at radius 3 is 2.37 bits per heavy atom. The zero-order valence-corrected chi connectivity index (χ0v) is 17.1. The number of rotatable bonds is 8. The van der Waals surface area contributed by atoms with Gasteiger partial charge in [0.05, 0.1) is 11.4 Å². The Labute approximate surface area is 161 Å². The SMILES string of the molecule is CCN(CC)S(=O)(=O)c1cccc(NCC(=O)Nc2cccc(C)c2C)c1. The number of anilines is 2. The van der Waals surface area contributed by atoms with E-state index in [9.17, 15) is 13.2 Å². The van der Waals surface area contributed by atoms with Gasteiger partial charge in [-0.15, -0.1) is 0 Å². The summed E-state index contributed by atoms with van der Waals surface area (Å²) in [5.41, 5.74) is 3.49. The zero-order chi connectivity index (χ0) is 20.0. The molecule has 0 saturated heterocycles. The number of carbonyl (C=O) groups is 1. The molecule has 146 valence electrons. The largest absolute Gasteiger partial charge is 0.376 e. The van der Waals surface area contributed by atoms with Crippen LogP contribution >= 0.6 is 0 Å². The summed E-state index contributed by atoms with van der Waals surface area (Å²) in [5, 5.41) is 5.87. The molecule has 0 heterocycles. The predicted molar refractivity (Wildman–Crippen MR) is 110 cm³/mol. The van der Waals surface area contributed by atoms with Gasteiger partial charge in [-0.05, 0) is 49.2 Å². The number of benzene rings is 2. The third kappa shape index (κ3) is 5.08. The van der Waals surface area contributed by atoms with Crippen molar-refractivity contribution in [2.45, 2.75) is 32.6 Å². The Morgan fingerprint density at radius 2 is 1.70 bits per heavy atom. The molecule has 0 radical (unpaired) electrons. The van der Waals surface area contributed by atoms with Crippen LogP contribution in [0.15, 0.2) is 47.4 Å². The van der Waals surface area contributed by atoms with Crippen molar-refractivity contribution in [2.75, 3.05) is 30.3 Å². The average Bonchev–Trinajstić information content (AvgIpc) is 2.65. The maximum atomic E-state index is 12.6. The van der Waals surface area contributed by atoms with Crippen LogP contribution in [0.25, 0.3) is 0 Å². The van der Waals surface area contributed by atoms with Gasteiger partial charge in [-0.3, -0.25) is 4.79 Å². The maximum absolute atomic E-state index is 12.6. The third-order valence-electron chi connectivity index (χ3n) is 4.51. The number of amides is 1. The van der Waals surface area contributed by atoms with Gasteiger partial charge < -0.3 is 10.6 Å². The summed E-state index contributed by atoms with van der Waals surface area (Å²) in [6.07, 6.45) is 0. The molecule has 0 aliphatic carbocycles. The molecule has 2 aromatic carbocycles. The highest BCUT2D eigenvalue weighted by Gasteiger charge is 2.21. The number of sulfonamides is 1. The molecule has 0 aliphatic rings. The van der Waals surface area contributed by atoms with Crippen LogP contribution in [-0.2, 0) is 14.8 Å². The van der Waals surface area contributed by atoms with Crippen molar-refractivity contribution >= 4 is 27.3 Å². The number of hydrogen-bond donors (Lipinski definition) is 2. The molecule has 2 N–H and O–H groups in total. The van der Waals surface area contributed by atoms with Crippen molar-refractivity contribution in [3.8, 4) is 0 Å². The fraction of sp³-hybridized carbons (Fsp3) is 0.350. The van der Waals surface area contributed by atoms with E-state index in [2.05, 4.69) is 10.6 Å². The fourth-order valence-electron chi connectivity index (χ4n) is 2.74. The van der Waals surface area contributed by atoms with Gasteiger partial charge in [-0.2, -0.15) is 4.31 Å². The van der Waals surface area contributed by atoms with Crippen LogP contribution in [0.3, 0.4) is 0 Å². The average molecular weight is 390 g/mol. The minimum absolute atomic E-state index is 0.0438. The molecule has 0 aromatic heterocycles. The molecule has 0 spiro atoms. The normalized spacial score (nSPS) is 11.4. The highest BCUT2D eigenvalue weighted by Crippen LogP contribution is 2.20. The number of aryl methyl sites for hydroxylation is 1. The fourth-order valence-corrected chi connectivity index (χ4v) is 4.25. The van der Waals surface area contributed by atoms with E-state index in [0.29, 0.717) is 18.8 Å². The molecule has 2 rings (SSSR count). The van der Waals surface area contributed by atoms with E-state index in [1.807, 2.05) is 32.0 Å². The smallest absolute Gasteiger partial charge is 0.243 e. The molecule has 0 aliphatic heterocycles. The van der Waals surface area contributed by atoms with Crippen LogP contribution < -0.4 is 10.6 Å². The van der Waals surface area contributed by atoms with Crippen molar-refractivity contribution in [3.63, 3.8) is 0 Å². The van der Waals surface area contributed by atoms with Crippen LogP contribution in [0, 0.1) is 13.8 Å². The van der Waals surface area contributed by atoms with Gasteiger partial charge in [0.25, 0.3) is 0 Å². The van der Waals surface area contributed by atoms with Gasteiger partial charge in [0.1, 0.15) is 0 Å². The Hall–Kier alpha value is -2.38. The van der Waals surface area contributed by atoms with Gasteiger partial charge in [0, 0.05) is 24.5 Å². The van der Waals surface area contributed by atoms with E-state index in [-0.39, 0.29) is 17.3 Å². The quantitative estimate of drug-likeness (QED) is 0.725. The molecule has 2 aromatic rings. The van der Waals surface area contributed by atoms with E-state index in [1.165, 1.54) is 4.31 Å². The first-order valence-corrected chi connectivity index (χ1v) is 10.4. The van der Waals surface area contributed by atoms with Crippen LogP contribution in [0.2, 0.25) is 0 Å². The summed E-state index contributed by atoms with van der Waals surface area (Å²) >= 11 is 0. The van der Waals surface area contributed by atoms with Gasteiger partial charge in [0.15, 0.2) is 0 Å². The van der Waals surface area contributed by atoms with Gasteiger partial charge in [0.2, 0.25) is 15.9 Å². The molecule has 0 unspecified atom stereocenters. The molecular formula is C20H27N3O3S. The van der Waals surface area contributed by atoms with E-state index in [0.717, 1.165) is 16.8 Å². The lowest BCUT2D eigenvalue weighted by atomic mass is 10.1. The van der Waals surface area contributed by atoms with Crippen LogP contribution in [0.4, 0.5) is 11.4 Å². The van der Waals surface area contributed by atoms with E-state index in [4.69, 9.17) is 0 Å². The lowest BCUT2D eigenvalue weighted by Crippen LogP contribution is -2.30. The Bertz CT molecular complexity index is 906. The zero-order valence-electron chi connectivity index (χ0n) is 16.2. The first-order valence-electron chi connectivity index (χ1n) is 8.99. The number of carbonyl (C=O) groups excluding carboxylic acids is 1. The molecule has 1 amide bonds. The number of nitrogens with one attached hydrogen (secondary N) is 2. The number of hydrogen-bond acceptors (Lipinski definition) is 4. The Morgan fingerprint density at radius 1 is 1.04 bits per heavy atom. The standard InChI is InChI=1S/C20H27N3O3S/c1-5-23(6-2)27(25,26)18-11-8-10-17(13-18)21-14-20(24)22-19-12-7-9-15(3)16(19)4/h7-13,21H,5-6,14H2,1-4H3,(H,22,24). The molecule has 0 bridgehead atoms. The second-order valence-electron chi connectivity index (χ2n) is 6.27. The topological polar surface area (TPSA) is 78.5 Å². The van der Waals surface area contributed by atoms with E-state index in [1.54, 1.807) is 38.1 Å². The van der Waals surface area contributed by atoms with Crippen molar-refractivity contribution in [1.82, 2.24) is 4.31 Å². The van der Waals surface area contributed by atoms with Crippen LogP contribution in [-0.4, -0.2) is 38.3 Å². The summed E-state index contributed by atoms with van der Waals surface area (Å²) in [7, 11) is -3.53. The second-order valence-corrected chi connectivity index (χ2v) is 8.20. The van der Waals surface area contributed by atoms with Crippen LogP contribution in [0.5, 0.6) is 0 Å². The summed E-state index contributed by atoms with van der Waals surface area (Å²) in [6, 6.07) is 12.3. The lowest BCUT2D eigenvalue weighted by molar-refractivity contribution is -0.114. The highest BCUT2D eigenvalue weighted by molar-refractivity contribution is 7.89. The summed E-state index contributed by atoms with van der Waals surface area (Å²) in [6.45, 7) is 8.43. The Balaban J connectivity index is 2.06. The first kappa shape index (κ1) is 20.9. The molecule has 7 heteroatoms. The lowest BCUT2D eigenvalue weighted by Gasteiger charge is -2.19. The molecule has 6 nitrogen and oxygen atoms in total. The summed E-state index contributed by atoms with van der Waals surface area (Å²) < 4.78 is 26.6. The monoisotopic (exact) mass is 389 g/mol. The maximum Gasteiger partial charge on any atom is 0.243 e. The van der Waals surface area contributed by atoms with Crippen molar-refractivity contribution in [2.24, 2.45) is 0 Å². The van der Waals surface area contributed by atoms with E-state index >= 15 is 0 Å². The molecule has 0 fully saturated rings. The third-order valence-corrected chi connectivity index (χ3v) is 6.55. The predicted octanol–water partition coefficient (Wildman–Crippen LogP) is 3.38. The van der Waals surface area contributed by atoms with Crippen molar-refractivity contribution < 1.29 is 13.2 Å². The van der Waals surface area contributed by atoms with Crippen molar-refractivity contribution in [3.05, 3.63) is 53.6 Å². The summed E-state index contributed by atoms with van der Waals surface area (Å²) in [5.74, 6) is -0.194. The van der Waals surface area contributed by atoms with E-state index < -0.39 is 10.0 Å². The molecule has 0 atom stereocenters. The second kappa shape index (κ2) is 9.01. The van der Waals surface area contributed by atoms with Crippen molar-refractivity contribution in [1.29, 1.82) is 0 Å².